The summed E-state index contributed by atoms with van der Waals surface area (Å²) in [6.45, 7) is 9.01. The fraction of sp³-hybridized carbons (Fsp3) is 0.200. The van der Waals surface area contributed by atoms with Crippen molar-refractivity contribution in [1.29, 1.82) is 0 Å². The maximum absolute atomic E-state index is 5.87. The molecule has 8 nitrogen and oxygen atoms in total. The first-order valence-corrected chi connectivity index (χ1v) is 25.7. The van der Waals surface area contributed by atoms with Crippen LogP contribution in [0.1, 0.15) is 72.7 Å². The Hall–Kier alpha value is -6.96. The molecular weight excluding hydrogens is 969 g/mol. The van der Waals surface area contributed by atoms with Gasteiger partial charge in [-0.2, -0.15) is 0 Å². The summed E-state index contributed by atoms with van der Waals surface area (Å²) in [6, 6.07) is 42.5. The Balaban J connectivity index is 1.41. The second-order valence-electron chi connectivity index (χ2n) is 17.5. The van der Waals surface area contributed by atoms with E-state index in [1.54, 1.807) is 27.7 Å². The first-order valence-electron chi connectivity index (χ1n) is 24.0. The summed E-state index contributed by atoms with van der Waals surface area (Å²) in [5.74, 6) is 0. The van der Waals surface area contributed by atoms with Crippen LogP contribution in [-0.4, -0.2) is 66.6 Å². The van der Waals surface area contributed by atoms with Gasteiger partial charge >= 0.3 is 0 Å². The highest BCUT2D eigenvalue weighted by atomic mass is 32.1. The van der Waals surface area contributed by atoms with E-state index in [9.17, 15) is 0 Å². The van der Waals surface area contributed by atoms with Crippen molar-refractivity contribution in [3.05, 3.63) is 166 Å². The highest BCUT2D eigenvalue weighted by Gasteiger charge is 2.22. The third-order valence-corrected chi connectivity index (χ3v) is 13.1. The van der Waals surface area contributed by atoms with Crippen molar-refractivity contribution >= 4 is 115 Å². The van der Waals surface area contributed by atoms with Crippen LogP contribution in [0.25, 0.3) is 90.9 Å². The quantitative estimate of drug-likeness (QED) is 0.0912. The van der Waals surface area contributed by atoms with Gasteiger partial charge in [0, 0.05) is 97.7 Å². The molecule has 0 atom stereocenters. The van der Waals surface area contributed by atoms with Crippen molar-refractivity contribution in [3.63, 3.8) is 0 Å². The minimum atomic E-state index is 0.446. The number of aromatic amines is 2. The molecule has 2 aliphatic heterocycles. The Kier molecular flexibility index (Phi) is 16.0. The van der Waals surface area contributed by atoms with Crippen molar-refractivity contribution in [2.75, 3.05) is 26.4 Å². The lowest BCUT2D eigenvalue weighted by molar-refractivity contribution is 0.315. The summed E-state index contributed by atoms with van der Waals surface area (Å²) in [5, 5.41) is 2.05. The number of nitrogens with zero attached hydrogens (tertiary/aromatic N) is 2. The van der Waals surface area contributed by atoms with Gasteiger partial charge < -0.3 is 28.9 Å². The lowest BCUT2D eigenvalue weighted by Gasteiger charge is -2.13. The van der Waals surface area contributed by atoms with E-state index in [0.717, 1.165) is 112 Å². The summed E-state index contributed by atoms with van der Waals surface area (Å²) in [5.41, 5.74) is 19.2. The van der Waals surface area contributed by atoms with Crippen LogP contribution in [0.15, 0.2) is 121 Å². The van der Waals surface area contributed by atoms with E-state index >= 15 is 0 Å². The van der Waals surface area contributed by atoms with E-state index in [0.29, 0.717) is 72.3 Å². The Morgan fingerprint density at radius 3 is 0.792 bits per heavy atom. The molecule has 0 fully saturated rings. The summed E-state index contributed by atoms with van der Waals surface area (Å²) in [4.78, 5) is 19.1. The molecule has 0 saturated heterocycles. The van der Waals surface area contributed by atoms with Crippen LogP contribution in [0.3, 0.4) is 0 Å². The minimum absolute atomic E-state index is 0.446. The largest absolute Gasteiger partial charge is 0.487 e. The Bertz CT molecular complexity index is 3030. The SMILES string of the molecule is CC(=S)OCCc1ccccc1-c1c2nc(c(-c3ccccc3CCOC(C)=S)c3ccc([nH]3)c(-c3ccccc3CCOC(C)=S)c3nc(c(-c4ccccc4CCOC(C)=S)c4ccc1[nH]4)C=C3)C=C2. The van der Waals surface area contributed by atoms with Crippen LogP contribution in [-0.2, 0) is 44.6 Å². The van der Waals surface area contributed by atoms with E-state index in [4.69, 9.17) is 77.8 Å². The third kappa shape index (κ3) is 11.5. The number of nitrogens with one attached hydrogen (secondary N) is 2. The molecule has 9 rings (SSSR count). The molecule has 0 saturated carbocycles. The molecule has 8 bridgehead atoms. The van der Waals surface area contributed by atoms with Crippen LogP contribution < -0.4 is 0 Å². The number of aromatic nitrogens is 4. The van der Waals surface area contributed by atoms with Gasteiger partial charge in [-0.05, 0) is 142 Å². The standard InChI is InChI=1S/C60H54N4O4S4/c1-37(69)65-33-29-41-13-5-9-17-45(41)57-49-21-23-51(61-49)58(46-18-10-6-14-42(46)30-34-66-38(2)70)53-25-27-55(63-53)60(48-20-12-8-16-44(48)32-36-68-40(4)72)56-28-26-54(64-56)59(52-24-22-50(57)62-52)47-19-11-7-15-43(47)31-35-67-39(3)71/h5-28,61,64H,29-36H2,1-4H3. The van der Waals surface area contributed by atoms with E-state index in [2.05, 4.69) is 156 Å². The zero-order valence-corrected chi connectivity index (χ0v) is 43.9. The van der Waals surface area contributed by atoms with Crippen LogP contribution >= 0.6 is 48.9 Å². The Morgan fingerprint density at radius 2 is 0.569 bits per heavy atom. The molecule has 72 heavy (non-hydrogen) atoms. The second-order valence-corrected chi connectivity index (χ2v) is 19.8. The van der Waals surface area contributed by atoms with Gasteiger partial charge in [-0.15, -0.1) is 0 Å². The summed E-state index contributed by atoms with van der Waals surface area (Å²) in [7, 11) is 0. The number of fused-ring (bicyclic) bond motifs is 8. The number of benzene rings is 4. The molecule has 4 aromatic carbocycles. The molecule has 12 heteroatoms. The smallest absolute Gasteiger partial charge is 0.156 e. The number of hydrogen-bond acceptors (Lipinski definition) is 10. The van der Waals surface area contributed by atoms with E-state index in [1.807, 2.05) is 0 Å². The van der Waals surface area contributed by atoms with Crippen molar-refractivity contribution in [3.8, 4) is 44.5 Å². The molecule has 0 radical (unpaired) electrons. The van der Waals surface area contributed by atoms with Gasteiger partial charge in [-0.25, -0.2) is 9.97 Å². The zero-order chi connectivity index (χ0) is 50.1. The lowest BCUT2D eigenvalue weighted by atomic mass is 9.96. The molecule has 0 amide bonds. The van der Waals surface area contributed by atoms with Crippen molar-refractivity contribution < 1.29 is 18.9 Å². The van der Waals surface area contributed by atoms with Gasteiger partial charge in [0.15, 0.2) is 20.2 Å². The maximum Gasteiger partial charge on any atom is 0.156 e. The first kappa shape index (κ1) is 50.0. The van der Waals surface area contributed by atoms with Crippen molar-refractivity contribution in [1.82, 2.24) is 19.9 Å². The van der Waals surface area contributed by atoms with Crippen molar-refractivity contribution in [2.45, 2.75) is 53.4 Å². The van der Waals surface area contributed by atoms with Crippen LogP contribution in [0.4, 0.5) is 0 Å². The van der Waals surface area contributed by atoms with E-state index in [-0.39, 0.29) is 0 Å². The zero-order valence-electron chi connectivity index (χ0n) is 40.7. The Labute approximate surface area is 442 Å². The van der Waals surface area contributed by atoms with Crippen LogP contribution in [0.5, 0.6) is 0 Å². The minimum Gasteiger partial charge on any atom is -0.487 e. The molecule has 0 spiro atoms. The number of H-pyrrole nitrogens is 2. The number of rotatable bonds is 16. The maximum atomic E-state index is 5.87. The fourth-order valence-corrected chi connectivity index (χ4v) is 9.82. The van der Waals surface area contributed by atoms with Crippen molar-refractivity contribution in [2.24, 2.45) is 0 Å². The summed E-state index contributed by atoms with van der Waals surface area (Å²) in [6.07, 6.45) is 11.1. The highest BCUT2D eigenvalue weighted by molar-refractivity contribution is 7.80. The molecule has 3 aromatic heterocycles. The predicted octanol–water partition coefficient (Wildman–Crippen LogP) is 14.9. The number of hydrogen-bond donors (Lipinski definition) is 2. The van der Waals surface area contributed by atoms with Gasteiger partial charge in [0.1, 0.15) is 0 Å². The molecule has 0 unspecified atom stereocenters. The monoisotopic (exact) mass is 1020 g/mol. The highest BCUT2D eigenvalue weighted by Crippen LogP contribution is 2.41. The predicted molar refractivity (Wildman–Crippen MR) is 312 cm³/mol. The average Bonchev–Trinajstić information content (AvgIpc) is 4.22. The third-order valence-electron chi connectivity index (χ3n) is 12.6. The van der Waals surface area contributed by atoms with Gasteiger partial charge in [0.05, 0.1) is 49.2 Å². The molecular formula is C60H54N4O4S4. The first-order chi connectivity index (χ1) is 35.0. The summed E-state index contributed by atoms with van der Waals surface area (Å²) >= 11 is 21.3. The van der Waals surface area contributed by atoms with E-state index < -0.39 is 0 Å². The van der Waals surface area contributed by atoms with Gasteiger partial charge in [-0.3, -0.25) is 0 Å². The topological polar surface area (TPSA) is 94.3 Å². The molecule has 5 heterocycles. The lowest BCUT2D eigenvalue weighted by Crippen LogP contribution is -2.03. The normalized spacial score (nSPS) is 11.6. The second kappa shape index (κ2) is 23.1. The number of ether oxygens (including phenoxy) is 4. The van der Waals surface area contributed by atoms with Gasteiger partial charge in [-0.1, -0.05) is 97.1 Å². The van der Waals surface area contributed by atoms with Gasteiger partial charge in [0.25, 0.3) is 0 Å². The molecule has 0 aliphatic carbocycles. The molecule has 2 aliphatic rings. The number of thiocarbonyl (C=S) groups is 4. The van der Waals surface area contributed by atoms with Gasteiger partial charge in [0.2, 0.25) is 0 Å². The molecule has 7 aromatic rings. The van der Waals surface area contributed by atoms with Crippen LogP contribution in [0, 0.1) is 0 Å². The Morgan fingerprint density at radius 1 is 0.347 bits per heavy atom. The fourth-order valence-electron chi connectivity index (χ4n) is 9.49. The van der Waals surface area contributed by atoms with Crippen LogP contribution in [0.2, 0.25) is 0 Å². The summed E-state index contributed by atoms with van der Waals surface area (Å²) < 4.78 is 23.5. The molecule has 2 N–H and O–H groups in total. The molecule has 362 valence electrons. The average molecular weight is 1020 g/mol. The van der Waals surface area contributed by atoms with E-state index in [1.165, 1.54) is 0 Å².